The summed E-state index contributed by atoms with van der Waals surface area (Å²) in [6.45, 7) is 0.153. The molecule has 106 valence electrons. The Bertz CT molecular complexity index is 386. The second kappa shape index (κ2) is 6.63. The zero-order chi connectivity index (χ0) is 13.7. The molecule has 0 bridgehead atoms. The molecule has 1 aliphatic heterocycles. The van der Waals surface area contributed by atoms with Crippen LogP contribution in [0.3, 0.4) is 0 Å². The van der Waals surface area contributed by atoms with Gasteiger partial charge in [0.15, 0.2) is 0 Å². The van der Waals surface area contributed by atoms with Crippen molar-refractivity contribution in [2.45, 2.75) is 22.7 Å². The normalized spacial score (nSPS) is 18.6. The molecule has 6 heteroatoms. The van der Waals surface area contributed by atoms with Crippen molar-refractivity contribution >= 4 is 11.8 Å². The minimum absolute atomic E-state index is 0.0871. The lowest BCUT2D eigenvalue weighted by molar-refractivity contribution is -0.173. The quantitative estimate of drug-likeness (QED) is 0.814. The van der Waals surface area contributed by atoms with Crippen LogP contribution in [0.15, 0.2) is 29.2 Å². The number of alkyl halides is 3. The Balaban J connectivity index is 1.56. The number of rotatable bonds is 6. The highest BCUT2D eigenvalue weighted by molar-refractivity contribution is 8.00. The van der Waals surface area contributed by atoms with Gasteiger partial charge >= 0.3 is 6.18 Å². The number of hydrogen-bond acceptors (Lipinski definition) is 3. The van der Waals surface area contributed by atoms with Crippen molar-refractivity contribution in [2.24, 2.45) is 0 Å². The molecule has 0 saturated heterocycles. The van der Waals surface area contributed by atoms with Gasteiger partial charge in [0, 0.05) is 23.2 Å². The third kappa shape index (κ3) is 5.04. The predicted molar refractivity (Wildman–Crippen MR) is 69.5 cm³/mol. The van der Waals surface area contributed by atoms with Crippen LogP contribution in [0.5, 0.6) is 0 Å². The first-order valence-electron chi connectivity index (χ1n) is 6.14. The van der Waals surface area contributed by atoms with Gasteiger partial charge in [-0.05, 0) is 18.1 Å². The summed E-state index contributed by atoms with van der Waals surface area (Å²) in [7, 11) is 0. The second-order valence-electron chi connectivity index (χ2n) is 4.42. The summed E-state index contributed by atoms with van der Waals surface area (Å²) >= 11 is 1.82. The summed E-state index contributed by atoms with van der Waals surface area (Å²) in [6, 6.07) is 8.27. The molecule has 0 radical (unpaired) electrons. The number of ether oxygens (including phenoxy) is 1. The van der Waals surface area contributed by atoms with E-state index >= 15 is 0 Å². The standard InChI is InChI=1S/C13H16F3NOS/c14-13(15,16)9-18-6-5-17-8-11-7-10-3-1-2-4-12(10)19-11/h1-4,11,17H,5-9H2. The van der Waals surface area contributed by atoms with E-state index in [1.54, 1.807) is 0 Å². The number of benzene rings is 1. The lowest BCUT2D eigenvalue weighted by Gasteiger charge is -2.11. The van der Waals surface area contributed by atoms with Crippen molar-refractivity contribution in [3.8, 4) is 0 Å². The first-order chi connectivity index (χ1) is 9.04. The molecular formula is C13H16F3NOS. The maximum atomic E-state index is 11.8. The van der Waals surface area contributed by atoms with E-state index in [0.29, 0.717) is 11.8 Å². The van der Waals surface area contributed by atoms with Gasteiger partial charge < -0.3 is 10.1 Å². The maximum absolute atomic E-state index is 11.8. The fourth-order valence-electron chi connectivity index (χ4n) is 1.96. The molecule has 1 aromatic carbocycles. The zero-order valence-electron chi connectivity index (χ0n) is 10.4. The van der Waals surface area contributed by atoms with Crippen molar-refractivity contribution in [3.63, 3.8) is 0 Å². The molecule has 1 aromatic rings. The average Bonchev–Trinajstić information content (AvgIpc) is 2.74. The molecule has 0 aromatic heterocycles. The van der Waals surface area contributed by atoms with E-state index in [9.17, 15) is 13.2 Å². The van der Waals surface area contributed by atoms with Crippen LogP contribution < -0.4 is 5.32 Å². The number of halogens is 3. The van der Waals surface area contributed by atoms with Crippen LogP contribution in [0.1, 0.15) is 5.56 Å². The van der Waals surface area contributed by atoms with Gasteiger partial charge in [-0.25, -0.2) is 0 Å². The zero-order valence-corrected chi connectivity index (χ0v) is 11.2. The molecule has 0 aliphatic carbocycles. The van der Waals surface area contributed by atoms with Crippen LogP contribution in [0, 0.1) is 0 Å². The Kier molecular flexibility index (Phi) is 5.13. The molecule has 2 rings (SSSR count). The van der Waals surface area contributed by atoms with Crippen LogP contribution in [0.2, 0.25) is 0 Å². The lowest BCUT2D eigenvalue weighted by atomic mass is 10.1. The van der Waals surface area contributed by atoms with Gasteiger partial charge in [-0.15, -0.1) is 11.8 Å². The van der Waals surface area contributed by atoms with Crippen molar-refractivity contribution in [3.05, 3.63) is 29.8 Å². The van der Waals surface area contributed by atoms with Crippen molar-refractivity contribution < 1.29 is 17.9 Å². The van der Waals surface area contributed by atoms with Crippen molar-refractivity contribution in [1.82, 2.24) is 5.32 Å². The van der Waals surface area contributed by atoms with Gasteiger partial charge in [0.2, 0.25) is 0 Å². The van der Waals surface area contributed by atoms with Crippen LogP contribution in [-0.4, -0.2) is 37.7 Å². The van der Waals surface area contributed by atoms with E-state index in [1.165, 1.54) is 10.5 Å². The number of thioether (sulfide) groups is 1. The van der Waals surface area contributed by atoms with Gasteiger partial charge in [0.1, 0.15) is 6.61 Å². The molecule has 0 fully saturated rings. The highest BCUT2D eigenvalue weighted by Gasteiger charge is 2.27. The number of nitrogens with one attached hydrogen (secondary N) is 1. The Morgan fingerprint density at radius 3 is 2.84 bits per heavy atom. The van der Waals surface area contributed by atoms with E-state index < -0.39 is 12.8 Å². The molecule has 1 heterocycles. The summed E-state index contributed by atoms with van der Waals surface area (Å²) in [5.74, 6) is 0. The Labute approximate surface area is 114 Å². The van der Waals surface area contributed by atoms with Gasteiger partial charge in [0.25, 0.3) is 0 Å². The fourth-order valence-corrected chi connectivity index (χ4v) is 3.25. The summed E-state index contributed by atoms with van der Waals surface area (Å²) in [5, 5.41) is 3.59. The first-order valence-corrected chi connectivity index (χ1v) is 7.02. The number of fused-ring (bicyclic) bond motifs is 1. The third-order valence-electron chi connectivity index (χ3n) is 2.77. The SMILES string of the molecule is FC(F)(F)COCCNCC1Cc2ccccc2S1. The van der Waals surface area contributed by atoms with Crippen LogP contribution in [-0.2, 0) is 11.2 Å². The van der Waals surface area contributed by atoms with Crippen molar-refractivity contribution in [1.29, 1.82) is 0 Å². The van der Waals surface area contributed by atoms with Gasteiger partial charge in [-0.1, -0.05) is 18.2 Å². The molecule has 1 N–H and O–H groups in total. The minimum atomic E-state index is -4.23. The predicted octanol–water partition coefficient (Wildman–Crippen LogP) is 2.87. The highest BCUT2D eigenvalue weighted by Crippen LogP contribution is 2.36. The molecule has 19 heavy (non-hydrogen) atoms. The molecule has 2 nitrogen and oxygen atoms in total. The lowest BCUT2D eigenvalue weighted by Crippen LogP contribution is -2.29. The van der Waals surface area contributed by atoms with Gasteiger partial charge in [-0.3, -0.25) is 0 Å². The molecular weight excluding hydrogens is 275 g/mol. The van der Waals surface area contributed by atoms with Gasteiger partial charge in [0.05, 0.1) is 6.61 Å². The van der Waals surface area contributed by atoms with E-state index in [-0.39, 0.29) is 6.61 Å². The largest absolute Gasteiger partial charge is 0.411 e. The first kappa shape index (κ1) is 14.7. The average molecular weight is 291 g/mol. The molecule has 0 amide bonds. The topological polar surface area (TPSA) is 21.3 Å². The smallest absolute Gasteiger partial charge is 0.371 e. The van der Waals surface area contributed by atoms with E-state index in [0.717, 1.165) is 13.0 Å². The van der Waals surface area contributed by atoms with Crippen molar-refractivity contribution in [2.75, 3.05) is 26.3 Å². The molecule has 0 spiro atoms. The summed E-state index contributed by atoms with van der Waals surface area (Å²) in [4.78, 5) is 1.31. The van der Waals surface area contributed by atoms with E-state index in [2.05, 4.69) is 22.2 Å². The monoisotopic (exact) mass is 291 g/mol. The summed E-state index contributed by atoms with van der Waals surface area (Å²) < 4.78 is 40.0. The molecule has 0 saturated carbocycles. The Hall–Kier alpha value is -0.720. The summed E-state index contributed by atoms with van der Waals surface area (Å²) in [5.41, 5.74) is 1.35. The molecule has 1 unspecified atom stereocenters. The molecule has 1 atom stereocenters. The van der Waals surface area contributed by atoms with Crippen LogP contribution in [0.25, 0.3) is 0 Å². The number of hydrogen-bond donors (Lipinski definition) is 1. The summed E-state index contributed by atoms with van der Waals surface area (Å²) in [6.07, 6.45) is -3.22. The highest BCUT2D eigenvalue weighted by atomic mass is 32.2. The maximum Gasteiger partial charge on any atom is 0.411 e. The van der Waals surface area contributed by atoms with Gasteiger partial charge in [-0.2, -0.15) is 13.2 Å². The second-order valence-corrected chi connectivity index (χ2v) is 5.77. The fraction of sp³-hybridized carbons (Fsp3) is 0.538. The van der Waals surface area contributed by atoms with Crippen LogP contribution in [0.4, 0.5) is 13.2 Å². The molecule has 1 aliphatic rings. The Morgan fingerprint density at radius 1 is 1.32 bits per heavy atom. The minimum Gasteiger partial charge on any atom is -0.371 e. The van der Waals surface area contributed by atoms with Crippen LogP contribution >= 0.6 is 11.8 Å². The Morgan fingerprint density at radius 2 is 2.11 bits per heavy atom. The van der Waals surface area contributed by atoms with E-state index in [4.69, 9.17) is 0 Å². The third-order valence-corrected chi connectivity index (χ3v) is 4.09. The van der Waals surface area contributed by atoms with E-state index in [1.807, 2.05) is 23.9 Å².